The van der Waals surface area contributed by atoms with E-state index in [1.165, 1.54) is 6.07 Å². The fraction of sp³-hybridized carbons (Fsp3) is 0.250. The van der Waals surface area contributed by atoms with Crippen molar-refractivity contribution in [3.63, 3.8) is 0 Å². The summed E-state index contributed by atoms with van der Waals surface area (Å²) in [4.78, 5) is 23.2. The average Bonchev–Trinajstić information content (AvgIpc) is 2.44. The SMILES string of the molecule is CCOc1c(C(=O)O)c(=O)cc(C)n1Cc1ccccc1. The second-order valence-corrected chi connectivity index (χ2v) is 4.64. The van der Waals surface area contributed by atoms with E-state index in [1.54, 1.807) is 18.4 Å². The van der Waals surface area contributed by atoms with Crippen LogP contribution in [-0.2, 0) is 6.54 Å². The fourth-order valence-electron chi connectivity index (χ4n) is 2.19. The van der Waals surface area contributed by atoms with Crippen molar-refractivity contribution < 1.29 is 14.6 Å². The molecule has 2 aromatic rings. The van der Waals surface area contributed by atoms with Gasteiger partial charge in [0.15, 0.2) is 11.0 Å². The molecule has 1 aromatic carbocycles. The molecule has 0 aliphatic rings. The molecule has 5 nitrogen and oxygen atoms in total. The van der Waals surface area contributed by atoms with E-state index in [2.05, 4.69) is 0 Å². The van der Waals surface area contributed by atoms with Gasteiger partial charge in [-0.05, 0) is 19.4 Å². The molecule has 0 saturated carbocycles. The van der Waals surface area contributed by atoms with Crippen LogP contribution in [0.15, 0.2) is 41.2 Å². The first kappa shape index (κ1) is 14.8. The third-order valence-corrected chi connectivity index (χ3v) is 3.15. The molecule has 0 bridgehead atoms. The number of aromatic nitrogens is 1. The number of benzene rings is 1. The van der Waals surface area contributed by atoms with Crippen LogP contribution < -0.4 is 10.2 Å². The minimum atomic E-state index is -1.27. The predicted octanol–water partition coefficient (Wildman–Crippen LogP) is 2.30. The lowest BCUT2D eigenvalue weighted by molar-refractivity contribution is 0.0688. The Labute approximate surface area is 122 Å². The number of aromatic carboxylic acids is 1. The number of rotatable bonds is 5. The smallest absolute Gasteiger partial charge is 0.345 e. The molecule has 0 amide bonds. The number of hydrogen-bond acceptors (Lipinski definition) is 3. The summed E-state index contributed by atoms with van der Waals surface area (Å²) >= 11 is 0. The Morgan fingerprint density at radius 3 is 2.52 bits per heavy atom. The van der Waals surface area contributed by atoms with E-state index in [1.807, 2.05) is 30.3 Å². The lowest BCUT2D eigenvalue weighted by Gasteiger charge is -2.18. The number of carbonyl (C=O) groups is 1. The summed E-state index contributed by atoms with van der Waals surface area (Å²) in [6, 6.07) is 10.9. The van der Waals surface area contributed by atoms with Crippen molar-refractivity contribution in [1.82, 2.24) is 4.57 Å². The minimum absolute atomic E-state index is 0.110. The van der Waals surface area contributed by atoms with Gasteiger partial charge in [0.05, 0.1) is 13.2 Å². The van der Waals surface area contributed by atoms with Gasteiger partial charge >= 0.3 is 5.97 Å². The Morgan fingerprint density at radius 1 is 1.29 bits per heavy atom. The third kappa shape index (κ3) is 3.13. The van der Waals surface area contributed by atoms with Crippen molar-refractivity contribution in [2.45, 2.75) is 20.4 Å². The number of pyridine rings is 1. The van der Waals surface area contributed by atoms with Gasteiger partial charge in [-0.15, -0.1) is 0 Å². The van der Waals surface area contributed by atoms with Crippen LogP contribution >= 0.6 is 0 Å². The zero-order valence-corrected chi connectivity index (χ0v) is 12.0. The largest absolute Gasteiger partial charge is 0.478 e. The number of ether oxygens (including phenoxy) is 1. The lowest BCUT2D eigenvalue weighted by atomic mass is 10.2. The lowest BCUT2D eigenvalue weighted by Crippen LogP contribution is -2.23. The highest BCUT2D eigenvalue weighted by Crippen LogP contribution is 2.20. The maximum Gasteiger partial charge on any atom is 0.345 e. The molecule has 1 N–H and O–H groups in total. The Kier molecular flexibility index (Phi) is 4.42. The standard InChI is InChI=1S/C16H17NO4/c1-3-21-15-14(16(19)20)13(18)9-11(2)17(15)10-12-7-5-4-6-8-12/h4-9H,3,10H2,1-2H3,(H,19,20). The molecule has 1 aromatic heterocycles. The normalized spacial score (nSPS) is 10.4. The van der Waals surface area contributed by atoms with Gasteiger partial charge in [0.1, 0.15) is 0 Å². The molecule has 1 heterocycles. The molecule has 0 radical (unpaired) electrons. The number of nitrogens with zero attached hydrogens (tertiary/aromatic N) is 1. The third-order valence-electron chi connectivity index (χ3n) is 3.15. The van der Waals surface area contributed by atoms with E-state index in [0.29, 0.717) is 12.2 Å². The Morgan fingerprint density at radius 2 is 1.95 bits per heavy atom. The van der Waals surface area contributed by atoms with Crippen molar-refractivity contribution >= 4 is 5.97 Å². The maximum absolute atomic E-state index is 11.9. The second kappa shape index (κ2) is 6.26. The first-order valence-electron chi connectivity index (χ1n) is 6.69. The summed E-state index contributed by atoms with van der Waals surface area (Å²) in [5.41, 5.74) is 0.810. The second-order valence-electron chi connectivity index (χ2n) is 4.64. The molecule has 21 heavy (non-hydrogen) atoms. The summed E-state index contributed by atoms with van der Waals surface area (Å²) in [7, 11) is 0. The van der Waals surface area contributed by atoms with Crippen LogP contribution in [0.4, 0.5) is 0 Å². The maximum atomic E-state index is 11.9. The van der Waals surface area contributed by atoms with Crippen LogP contribution in [0.1, 0.15) is 28.5 Å². The van der Waals surface area contributed by atoms with E-state index in [4.69, 9.17) is 4.74 Å². The van der Waals surface area contributed by atoms with Gasteiger partial charge in [-0.25, -0.2) is 4.79 Å². The van der Waals surface area contributed by atoms with Crippen molar-refractivity contribution in [3.05, 3.63) is 63.4 Å². The topological polar surface area (TPSA) is 68.5 Å². The van der Waals surface area contributed by atoms with Crippen molar-refractivity contribution in [2.24, 2.45) is 0 Å². The van der Waals surface area contributed by atoms with E-state index in [9.17, 15) is 14.7 Å². The van der Waals surface area contributed by atoms with Crippen molar-refractivity contribution in [2.75, 3.05) is 6.61 Å². The molecule has 0 fully saturated rings. The highest BCUT2D eigenvalue weighted by Gasteiger charge is 2.21. The van der Waals surface area contributed by atoms with E-state index in [-0.39, 0.29) is 18.1 Å². The number of aryl methyl sites for hydroxylation is 1. The molecule has 0 aliphatic heterocycles. The van der Waals surface area contributed by atoms with Crippen LogP contribution in [0, 0.1) is 6.92 Å². The van der Waals surface area contributed by atoms with Crippen LogP contribution in [0.5, 0.6) is 5.88 Å². The summed E-state index contributed by atoms with van der Waals surface area (Å²) in [6.07, 6.45) is 0. The summed E-state index contributed by atoms with van der Waals surface area (Å²) in [6.45, 7) is 4.25. The van der Waals surface area contributed by atoms with Gasteiger partial charge in [0.25, 0.3) is 0 Å². The van der Waals surface area contributed by atoms with E-state index < -0.39 is 11.4 Å². The first-order chi connectivity index (χ1) is 10.0. The monoisotopic (exact) mass is 287 g/mol. The van der Waals surface area contributed by atoms with Crippen LogP contribution in [-0.4, -0.2) is 22.2 Å². The summed E-state index contributed by atoms with van der Waals surface area (Å²) < 4.78 is 7.16. The molecule has 2 rings (SSSR count). The van der Waals surface area contributed by atoms with Gasteiger partial charge in [0, 0.05) is 11.8 Å². The minimum Gasteiger partial charge on any atom is -0.478 e. The van der Waals surface area contributed by atoms with Gasteiger partial charge in [-0.3, -0.25) is 4.79 Å². The summed E-state index contributed by atoms with van der Waals surface area (Å²) in [5.74, 6) is -1.16. The Bertz CT molecular complexity index is 704. The molecule has 0 saturated heterocycles. The van der Waals surface area contributed by atoms with Crippen molar-refractivity contribution in [3.8, 4) is 5.88 Å². The van der Waals surface area contributed by atoms with Crippen LogP contribution in [0.3, 0.4) is 0 Å². The molecular weight excluding hydrogens is 270 g/mol. The highest BCUT2D eigenvalue weighted by molar-refractivity contribution is 5.90. The molecular formula is C16H17NO4. The molecule has 0 atom stereocenters. The molecule has 0 spiro atoms. The van der Waals surface area contributed by atoms with Crippen molar-refractivity contribution in [1.29, 1.82) is 0 Å². The number of hydrogen-bond donors (Lipinski definition) is 1. The van der Waals surface area contributed by atoms with Gasteiger partial charge in [-0.1, -0.05) is 30.3 Å². The number of carboxylic acids is 1. The van der Waals surface area contributed by atoms with Gasteiger partial charge < -0.3 is 14.4 Å². The van der Waals surface area contributed by atoms with Crippen LogP contribution in [0.25, 0.3) is 0 Å². The first-order valence-corrected chi connectivity index (χ1v) is 6.69. The van der Waals surface area contributed by atoms with E-state index in [0.717, 1.165) is 5.56 Å². The Balaban J connectivity index is 2.60. The van der Waals surface area contributed by atoms with Gasteiger partial charge in [-0.2, -0.15) is 0 Å². The zero-order chi connectivity index (χ0) is 15.4. The fourth-order valence-corrected chi connectivity index (χ4v) is 2.19. The van der Waals surface area contributed by atoms with Crippen LogP contribution in [0.2, 0.25) is 0 Å². The summed E-state index contributed by atoms with van der Waals surface area (Å²) in [5, 5.41) is 9.26. The van der Waals surface area contributed by atoms with Gasteiger partial charge in [0.2, 0.25) is 5.88 Å². The molecule has 5 heteroatoms. The molecule has 0 unspecified atom stereocenters. The quantitative estimate of drug-likeness (QED) is 0.916. The number of carboxylic acid groups (broad SMARTS) is 1. The van der Waals surface area contributed by atoms with E-state index >= 15 is 0 Å². The Hall–Kier alpha value is -2.56. The molecule has 0 aliphatic carbocycles. The predicted molar refractivity (Wildman–Crippen MR) is 79.1 cm³/mol. The molecule has 110 valence electrons. The zero-order valence-electron chi connectivity index (χ0n) is 12.0. The highest BCUT2D eigenvalue weighted by atomic mass is 16.5. The average molecular weight is 287 g/mol.